The Kier molecular flexibility index (Phi) is 4.40. The number of nitrogens with one attached hydrogen (secondary N) is 1. The van der Waals surface area contributed by atoms with Crippen molar-refractivity contribution in [3.8, 4) is 0 Å². The molecule has 1 aromatic carbocycles. The first-order valence-corrected chi connectivity index (χ1v) is 6.45. The van der Waals surface area contributed by atoms with Crippen LogP contribution in [0.2, 0.25) is 0 Å². The number of ether oxygens (including phenoxy) is 1. The number of aliphatic carboxylic acids is 1. The molecule has 0 fully saturated rings. The summed E-state index contributed by atoms with van der Waals surface area (Å²) in [5.41, 5.74) is 2.29. The number of fused-ring (bicyclic) bond motifs is 1. The molecule has 0 saturated carbocycles. The molecule has 1 amide bonds. The zero-order valence-electron chi connectivity index (χ0n) is 11.0. The number of carboxylic acids is 1. The third-order valence-electron chi connectivity index (χ3n) is 3.43. The highest BCUT2D eigenvalue weighted by Gasteiger charge is 2.34. The van der Waals surface area contributed by atoms with Crippen molar-refractivity contribution in [1.82, 2.24) is 5.32 Å². The summed E-state index contributed by atoms with van der Waals surface area (Å²) in [4.78, 5) is 22.9. The molecule has 5 heteroatoms. The van der Waals surface area contributed by atoms with Gasteiger partial charge in [-0.2, -0.15) is 0 Å². The van der Waals surface area contributed by atoms with Gasteiger partial charge in [0.2, 0.25) is 0 Å². The minimum absolute atomic E-state index is 0.0586. The van der Waals surface area contributed by atoms with Crippen molar-refractivity contribution >= 4 is 12.1 Å². The topological polar surface area (TPSA) is 75.6 Å². The van der Waals surface area contributed by atoms with Crippen LogP contribution in [0.4, 0.5) is 4.79 Å². The molecule has 0 aromatic heterocycles. The molecule has 1 unspecified atom stereocenters. The van der Waals surface area contributed by atoms with Gasteiger partial charge in [0.15, 0.2) is 0 Å². The van der Waals surface area contributed by atoms with Crippen LogP contribution in [-0.4, -0.2) is 29.8 Å². The van der Waals surface area contributed by atoms with E-state index < -0.39 is 18.1 Å². The second-order valence-corrected chi connectivity index (χ2v) is 4.78. The molecule has 0 spiro atoms. The highest BCUT2D eigenvalue weighted by atomic mass is 16.5. The molecular formula is C15H17NO4. The van der Waals surface area contributed by atoms with Gasteiger partial charge < -0.3 is 15.2 Å². The molecule has 20 heavy (non-hydrogen) atoms. The van der Waals surface area contributed by atoms with E-state index in [1.165, 1.54) is 6.08 Å². The van der Waals surface area contributed by atoms with Gasteiger partial charge in [-0.05, 0) is 29.9 Å². The fraction of sp³-hybridized carbons (Fsp3) is 0.333. The van der Waals surface area contributed by atoms with Gasteiger partial charge in [-0.25, -0.2) is 9.59 Å². The zero-order chi connectivity index (χ0) is 14.5. The maximum absolute atomic E-state index is 11.5. The van der Waals surface area contributed by atoms with E-state index in [0.29, 0.717) is 12.8 Å². The lowest BCUT2D eigenvalue weighted by atomic mass is 9.97. The van der Waals surface area contributed by atoms with Crippen LogP contribution in [0.25, 0.3) is 0 Å². The van der Waals surface area contributed by atoms with Gasteiger partial charge in [0.05, 0.1) is 0 Å². The van der Waals surface area contributed by atoms with Crippen molar-refractivity contribution in [2.45, 2.75) is 18.9 Å². The summed E-state index contributed by atoms with van der Waals surface area (Å²) in [6, 6.07) is 6.90. The van der Waals surface area contributed by atoms with Gasteiger partial charge in [0.1, 0.15) is 12.6 Å². The van der Waals surface area contributed by atoms with Crippen LogP contribution in [0.5, 0.6) is 0 Å². The lowest BCUT2D eigenvalue weighted by Crippen LogP contribution is -2.46. The summed E-state index contributed by atoms with van der Waals surface area (Å²) in [6.07, 6.45) is 2.00. The molecule has 5 nitrogen and oxygen atoms in total. The van der Waals surface area contributed by atoms with Crippen molar-refractivity contribution < 1.29 is 19.4 Å². The summed E-state index contributed by atoms with van der Waals surface area (Å²) in [7, 11) is 0. The van der Waals surface area contributed by atoms with Gasteiger partial charge in [0.25, 0.3) is 0 Å². The molecule has 0 aliphatic heterocycles. The van der Waals surface area contributed by atoms with Gasteiger partial charge >= 0.3 is 12.1 Å². The van der Waals surface area contributed by atoms with Crippen LogP contribution in [-0.2, 0) is 22.4 Å². The lowest BCUT2D eigenvalue weighted by molar-refractivity contribution is -0.140. The maximum atomic E-state index is 11.5. The maximum Gasteiger partial charge on any atom is 0.408 e. The molecule has 2 rings (SSSR count). The third kappa shape index (κ3) is 3.17. The molecule has 0 bridgehead atoms. The second kappa shape index (κ2) is 6.23. The number of carbonyl (C=O) groups excluding carboxylic acids is 1. The number of alkyl carbamates (subject to hydrolysis) is 1. The van der Waals surface area contributed by atoms with Crippen molar-refractivity contribution in [1.29, 1.82) is 0 Å². The normalized spacial score (nSPS) is 15.2. The Labute approximate surface area is 117 Å². The average molecular weight is 275 g/mol. The molecule has 106 valence electrons. The van der Waals surface area contributed by atoms with Gasteiger partial charge in [0, 0.05) is 0 Å². The van der Waals surface area contributed by atoms with Crippen LogP contribution < -0.4 is 5.32 Å². The van der Waals surface area contributed by atoms with E-state index in [1.54, 1.807) is 0 Å². The first-order valence-electron chi connectivity index (χ1n) is 6.45. The summed E-state index contributed by atoms with van der Waals surface area (Å²) in [5.74, 6) is -1.19. The molecule has 0 radical (unpaired) electrons. The summed E-state index contributed by atoms with van der Waals surface area (Å²) >= 11 is 0. The highest BCUT2D eigenvalue weighted by molar-refractivity contribution is 5.80. The summed E-state index contributed by atoms with van der Waals surface area (Å²) in [6.45, 7) is 3.49. The van der Waals surface area contributed by atoms with Crippen molar-refractivity contribution in [2.24, 2.45) is 5.92 Å². The lowest BCUT2D eigenvalue weighted by Gasteiger charge is -2.20. The van der Waals surface area contributed by atoms with Crippen molar-refractivity contribution in [2.75, 3.05) is 6.61 Å². The van der Waals surface area contributed by atoms with Gasteiger partial charge in [-0.1, -0.05) is 36.9 Å². The third-order valence-corrected chi connectivity index (χ3v) is 3.43. The van der Waals surface area contributed by atoms with E-state index in [2.05, 4.69) is 11.9 Å². The minimum atomic E-state index is -1.04. The number of carbonyl (C=O) groups is 2. The van der Waals surface area contributed by atoms with Crippen LogP contribution in [0.3, 0.4) is 0 Å². The fourth-order valence-corrected chi connectivity index (χ4v) is 2.51. The second-order valence-electron chi connectivity index (χ2n) is 4.78. The SMILES string of the molecule is C=CCOC(=O)NC(C(=O)O)C1Cc2ccccc2C1. The highest BCUT2D eigenvalue weighted by Crippen LogP contribution is 2.28. The summed E-state index contributed by atoms with van der Waals surface area (Å²) < 4.78 is 4.78. The van der Waals surface area contributed by atoms with Crippen LogP contribution in [0.15, 0.2) is 36.9 Å². The Morgan fingerprint density at radius 2 is 2.00 bits per heavy atom. The smallest absolute Gasteiger partial charge is 0.408 e. The number of benzene rings is 1. The molecule has 0 saturated heterocycles. The Balaban J connectivity index is 2.02. The van der Waals surface area contributed by atoms with E-state index in [0.717, 1.165) is 11.1 Å². The largest absolute Gasteiger partial charge is 0.480 e. The van der Waals surface area contributed by atoms with E-state index in [-0.39, 0.29) is 12.5 Å². The first-order chi connectivity index (χ1) is 9.61. The van der Waals surface area contributed by atoms with E-state index in [1.807, 2.05) is 24.3 Å². The quantitative estimate of drug-likeness (QED) is 0.803. The number of carboxylic acid groups (broad SMARTS) is 1. The van der Waals surface area contributed by atoms with E-state index in [9.17, 15) is 14.7 Å². The van der Waals surface area contributed by atoms with Crippen LogP contribution in [0.1, 0.15) is 11.1 Å². The number of hydrogen-bond acceptors (Lipinski definition) is 3. The molecule has 1 aliphatic rings. The van der Waals surface area contributed by atoms with Crippen LogP contribution >= 0.6 is 0 Å². The Bertz CT molecular complexity index is 501. The molecule has 1 aromatic rings. The van der Waals surface area contributed by atoms with Crippen molar-refractivity contribution in [3.05, 3.63) is 48.0 Å². The molecule has 0 heterocycles. The standard InChI is InChI=1S/C15H17NO4/c1-2-7-20-15(19)16-13(14(17)18)12-8-10-5-3-4-6-11(10)9-12/h2-6,12-13H,1,7-9H2,(H,16,19)(H,17,18). The molecule has 1 aliphatic carbocycles. The monoisotopic (exact) mass is 275 g/mol. The average Bonchev–Trinajstić information content (AvgIpc) is 2.85. The van der Waals surface area contributed by atoms with Crippen molar-refractivity contribution in [3.63, 3.8) is 0 Å². The molecule has 1 atom stereocenters. The Morgan fingerprint density at radius 1 is 1.40 bits per heavy atom. The molecule has 2 N–H and O–H groups in total. The minimum Gasteiger partial charge on any atom is -0.480 e. The number of hydrogen-bond donors (Lipinski definition) is 2. The predicted octanol–water partition coefficient (Wildman–Crippen LogP) is 1.77. The summed E-state index contributed by atoms with van der Waals surface area (Å²) in [5, 5.41) is 11.7. The predicted molar refractivity (Wildman–Crippen MR) is 73.4 cm³/mol. The Hall–Kier alpha value is -2.30. The van der Waals surface area contributed by atoms with E-state index in [4.69, 9.17) is 4.74 Å². The zero-order valence-corrected chi connectivity index (χ0v) is 11.0. The first kappa shape index (κ1) is 14.1. The fourth-order valence-electron chi connectivity index (χ4n) is 2.51. The number of rotatable bonds is 5. The molecular weight excluding hydrogens is 258 g/mol. The van der Waals surface area contributed by atoms with Crippen LogP contribution in [0, 0.1) is 5.92 Å². The van der Waals surface area contributed by atoms with Gasteiger partial charge in [-0.15, -0.1) is 0 Å². The van der Waals surface area contributed by atoms with Gasteiger partial charge in [-0.3, -0.25) is 0 Å². The number of amides is 1. The van der Waals surface area contributed by atoms with E-state index >= 15 is 0 Å². The Morgan fingerprint density at radius 3 is 2.50 bits per heavy atom.